The van der Waals surface area contributed by atoms with Crippen LogP contribution in [0, 0.1) is 23.0 Å². The average molecular weight is 297 g/mol. The average Bonchev–Trinajstić information content (AvgIpc) is 2.41. The number of rotatable bonds is 3. The van der Waals surface area contributed by atoms with Gasteiger partial charge in [0.2, 0.25) is 0 Å². The van der Waals surface area contributed by atoms with Gasteiger partial charge in [-0.15, -0.1) is 0 Å². The molecule has 2 unspecified atom stereocenters. The van der Waals surface area contributed by atoms with E-state index in [0.29, 0.717) is 24.1 Å². The van der Waals surface area contributed by atoms with Gasteiger partial charge < -0.3 is 10.4 Å². The first kappa shape index (κ1) is 16.2. The number of phenolic OH excluding ortho intramolecular Hbond substituents is 1. The van der Waals surface area contributed by atoms with Crippen molar-refractivity contribution in [3.05, 3.63) is 29.3 Å². The second-order valence-corrected chi connectivity index (χ2v) is 7.15. The molecule has 1 aliphatic carbocycles. The fourth-order valence-corrected chi connectivity index (χ4v) is 3.38. The van der Waals surface area contributed by atoms with Crippen molar-refractivity contribution in [1.82, 2.24) is 5.32 Å². The summed E-state index contributed by atoms with van der Waals surface area (Å²) in [4.78, 5) is 0. The minimum Gasteiger partial charge on any atom is -0.503 e. The Morgan fingerprint density at radius 3 is 2.29 bits per heavy atom. The molecule has 0 saturated heterocycles. The van der Waals surface area contributed by atoms with Gasteiger partial charge in [0.05, 0.1) is 0 Å². The highest BCUT2D eigenvalue weighted by Gasteiger charge is 2.33. The smallest absolute Gasteiger partial charge is 0.187 e. The molecule has 4 heteroatoms. The van der Waals surface area contributed by atoms with Crippen molar-refractivity contribution in [1.29, 1.82) is 0 Å². The molecule has 1 aromatic rings. The normalized spacial score (nSPS) is 23.3. The number of halogens is 2. The third-order valence-electron chi connectivity index (χ3n) is 4.52. The van der Waals surface area contributed by atoms with E-state index < -0.39 is 17.4 Å². The third-order valence-corrected chi connectivity index (χ3v) is 4.52. The Kier molecular flexibility index (Phi) is 4.87. The van der Waals surface area contributed by atoms with Crippen LogP contribution in [0.3, 0.4) is 0 Å². The van der Waals surface area contributed by atoms with Crippen LogP contribution in [0.15, 0.2) is 12.1 Å². The Balaban J connectivity index is 2.04. The van der Waals surface area contributed by atoms with Gasteiger partial charge in [0.25, 0.3) is 0 Å². The minimum atomic E-state index is -0.900. The molecular formula is C17H25F2NO. The van der Waals surface area contributed by atoms with Crippen LogP contribution in [-0.2, 0) is 6.54 Å². The minimum absolute atomic E-state index is 0.226. The third kappa shape index (κ3) is 3.94. The lowest BCUT2D eigenvalue weighted by Crippen LogP contribution is -2.43. The zero-order chi connectivity index (χ0) is 15.6. The van der Waals surface area contributed by atoms with Crippen LogP contribution in [-0.4, -0.2) is 11.1 Å². The molecule has 2 rings (SSSR count). The largest absolute Gasteiger partial charge is 0.503 e. The summed E-state index contributed by atoms with van der Waals surface area (Å²) in [5.41, 5.74) is 0.754. The lowest BCUT2D eigenvalue weighted by molar-refractivity contribution is 0.130. The van der Waals surface area contributed by atoms with Gasteiger partial charge in [0.15, 0.2) is 17.4 Å². The molecule has 2 nitrogen and oxygen atoms in total. The van der Waals surface area contributed by atoms with Crippen molar-refractivity contribution >= 4 is 0 Å². The Labute approximate surface area is 125 Å². The van der Waals surface area contributed by atoms with E-state index in [9.17, 15) is 8.78 Å². The van der Waals surface area contributed by atoms with Crippen LogP contribution >= 0.6 is 0 Å². The summed E-state index contributed by atoms with van der Waals surface area (Å²) in [6, 6.07) is 2.76. The summed E-state index contributed by atoms with van der Waals surface area (Å²) < 4.78 is 26.7. The summed E-state index contributed by atoms with van der Waals surface area (Å²) in [5, 5.41) is 12.6. The molecule has 1 saturated carbocycles. The monoisotopic (exact) mass is 297 g/mol. The number of nitrogens with one attached hydrogen (secondary N) is 1. The molecule has 21 heavy (non-hydrogen) atoms. The molecule has 0 aromatic heterocycles. The first-order valence-corrected chi connectivity index (χ1v) is 7.69. The van der Waals surface area contributed by atoms with Crippen molar-refractivity contribution in [3.63, 3.8) is 0 Å². The Morgan fingerprint density at radius 2 is 1.71 bits per heavy atom. The summed E-state index contributed by atoms with van der Waals surface area (Å²) in [6.07, 6.45) is 4.75. The fourth-order valence-electron chi connectivity index (χ4n) is 3.38. The van der Waals surface area contributed by atoms with Crippen LogP contribution in [0.2, 0.25) is 0 Å². The molecule has 1 fully saturated rings. The lowest BCUT2D eigenvalue weighted by Gasteiger charge is -2.41. The Bertz CT molecular complexity index is 473. The molecule has 0 amide bonds. The van der Waals surface area contributed by atoms with E-state index in [1.165, 1.54) is 31.4 Å². The predicted molar refractivity (Wildman–Crippen MR) is 80.1 cm³/mol. The van der Waals surface area contributed by atoms with Crippen molar-refractivity contribution in [2.45, 2.75) is 59.0 Å². The highest BCUT2D eigenvalue weighted by atomic mass is 19.1. The summed E-state index contributed by atoms with van der Waals surface area (Å²) in [6.45, 7) is 7.16. The number of hydrogen-bond donors (Lipinski definition) is 2. The van der Waals surface area contributed by atoms with E-state index in [2.05, 4.69) is 26.1 Å². The molecule has 1 aliphatic rings. The second-order valence-electron chi connectivity index (χ2n) is 7.15. The van der Waals surface area contributed by atoms with Crippen molar-refractivity contribution in [3.8, 4) is 5.75 Å². The Morgan fingerprint density at radius 1 is 1.14 bits per heavy atom. The summed E-state index contributed by atoms with van der Waals surface area (Å²) >= 11 is 0. The van der Waals surface area contributed by atoms with Gasteiger partial charge in [0.1, 0.15) is 0 Å². The summed E-state index contributed by atoms with van der Waals surface area (Å²) in [5.74, 6) is -2.13. The molecule has 2 atom stereocenters. The van der Waals surface area contributed by atoms with Crippen molar-refractivity contribution in [2.75, 3.05) is 0 Å². The number of benzene rings is 1. The zero-order valence-electron chi connectivity index (χ0n) is 13.0. The first-order chi connectivity index (χ1) is 9.79. The maximum atomic E-state index is 13.4. The van der Waals surface area contributed by atoms with Gasteiger partial charge in [-0.3, -0.25) is 0 Å². The van der Waals surface area contributed by atoms with Gasteiger partial charge >= 0.3 is 0 Å². The molecular weight excluding hydrogens is 272 g/mol. The van der Waals surface area contributed by atoms with Crippen LogP contribution in [0.5, 0.6) is 5.75 Å². The molecule has 118 valence electrons. The summed E-state index contributed by atoms with van der Waals surface area (Å²) in [7, 11) is 0. The van der Waals surface area contributed by atoms with Crippen LogP contribution in [0.1, 0.15) is 52.0 Å². The highest BCUT2D eigenvalue weighted by molar-refractivity contribution is 5.30. The van der Waals surface area contributed by atoms with Crippen molar-refractivity contribution < 1.29 is 13.9 Å². The van der Waals surface area contributed by atoms with Crippen molar-refractivity contribution in [2.24, 2.45) is 11.3 Å². The first-order valence-electron chi connectivity index (χ1n) is 7.69. The number of hydrogen-bond acceptors (Lipinski definition) is 2. The topological polar surface area (TPSA) is 32.3 Å². The van der Waals surface area contributed by atoms with E-state index in [-0.39, 0.29) is 5.41 Å². The van der Waals surface area contributed by atoms with E-state index >= 15 is 0 Å². The standard InChI is InChI=1S/C17H25F2NO/c1-17(2,3)12-6-4-5-7-15(12)20-10-11-8-13(18)16(21)14(19)9-11/h8-9,12,15,20-21H,4-7,10H2,1-3H3. The highest BCUT2D eigenvalue weighted by Crippen LogP contribution is 2.38. The Hall–Kier alpha value is -1.16. The second kappa shape index (κ2) is 6.30. The van der Waals surface area contributed by atoms with Gasteiger partial charge in [-0.1, -0.05) is 33.6 Å². The van der Waals surface area contributed by atoms with E-state index in [1.54, 1.807) is 0 Å². The quantitative estimate of drug-likeness (QED) is 0.868. The zero-order valence-corrected chi connectivity index (χ0v) is 13.0. The van der Waals surface area contributed by atoms with Gasteiger partial charge in [-0.05, 0) is 41.9 Å². The molecule has 0 bridgehead atoms. The number of phenols is 1. The maximum Gasteiger partial charge on any atom is 0.187 e. The van der Waals surface area contributed by atoms with E-state index in [0.717, 1.165) is 6.42 Å². The van der Waals surface area contributed by atoms with Gasteiger partial charge in [0, 0.05) is 12.6 Å². The molecule has 0 aliphatic heterocycles. The SMILES string of the molecule is CC(C)(C)C1CCCCC1NCc1cc(F)c(O)c(F)c1. The van der Waals surface area contributed by atoms with Crippen LogP contribution in [0.25, 0.3) is 0 Å². The predicted octanol–water partition coefficient (Wildman–Crippen LogP) is 4.36. The van der Waals surface area contributed by atoms with Crippen LogP contribution in [0.4, 0.5) is 8.78 Å². The van der Waals surface area contributed by atoms with Gasteiger partial charge in [-0.2, -0.15) is 0 Å². The lowest BCUT2D eigenvalue weighted by atomic mass is 9.69. The van der Waals surface area contributed by atoms with Gasteiger partial charge in [-0.25, -0.2) is 8.78 Å². The molecule has 0 radical (unpaired) electrons. The molecule has 2 N–H and O–H groups in total. The molecule has 0 spiro atoms. The van der Waals surface area contributed by atoms with Crippen LogP contribution < -0.4 is 5.32 Å². The molecule has 1 aromatic carbocycles. The fraction of sp³-hybridized carbons (Fsp3) is 0.647. The van der Waals surface area contributed by atoms with E-state index in [4.69, 9.17) is 5.11 Å². The van der Waals surface area contributed by atoms with E-state index in [1.807, 2.05) is 0 Å². The molecule has 0 heterocycles. The maximum absolute atomic E-state index is 13.4. The number of aromatic hydroxyl groups is 1.